The van der Waals surface area contributed by atoms with Crippen LogP contribution in [0.3, 0.4) is 0 Å². The van der Waals surface area contributed by atoms with E-state index in [9.17, 15) is 18.0 Å². The monoisotopic (exact) mass is 484 g/mol. The molecule has 0 radical (unpaired) electrons. The molecule has 6 nitrogen and oxygen atoms in total. The van der Waals surface area contributed by atoms with E-state index in [4.69, 9.17) is 20.9 Å². The highest BCUT2D eigenvalue weighted by atomic mass is 35.5. The highest BCUT2D eigenvalue weighted by molar-refractivity contribution is 6.33. The molecule has 3 aromatic rings. The predicted octanol–water partition coefficient (Wildman–Crippen LogP) is 6.05. The van der Waals surface area contributed by atoms with Crippen LogP contribution in [0.25, 0.3) is 11.0 Å². The van der Waals surface area contributed by atoms with Crippen LogP contribution in [0, 0.1) is 0 Å². The molecule has 0 saturated carbocycles. The van der Waals surface area contributed by atoms with Gasteiger partial charge in [0.1, 0.15) is 5.75 Å². The lowest BCUT2D eigenvalue weighted by Crippen LogP contribution is -2.09. The van der Waals surface area contributed by atoms with E-state index in [2.05, 4.69) is 15.2 Å². The van der Waals surface area contributed by atoms with Gasteiger partial charge < -0.3 is 19.3 Å². The molecule has 0 spiro atoms. The van der Waals surface area contributed by atoms with Crippen molar-refractivity contribution in [1.29, 1.82) is 0 Å². The summed E-state index contributed by atoms with van der Waals surface area (Å²) in [5.74, 6) is 0.143. The molecular weight excluding hydrogens is 461 g/mol. The number of methoxy groups -OCH3 is 1. The summed E-state index contributed by atoms with van der Waals surface area (Å²) in [5, 5.41) is 6.85. The molecule has 1 N–H and O–H groups in total. The van der Waals surface area contributed by atoms with Crippen LogP contribution in [-0.2, 0) is 28.5 Å². The molecule has 0 unspecified atom stereocenters. The number of anilines is 1. The number of aromatic nitrogens is 1. The number of aryl methyl sites for hydroxylation is 1. The zero-order chi connectivity index (χ0) is 24.0. The highest BCUT2D eigenvalue weighted by Crippen LogP contribution is 2.38. The number of hydrogen-bond acceptors (Lipinski definition) is 6. The largest absolute Gasteiger partial charge is 0.493 e. The summed E-state index contributed by atoms with van der Waals surface area (Å²) in [6, 6.07) is 8.15. The summed E-state index contributed by atoms with van der Waals surface area (Å²) in [5.41, 5.74) is 1.13. The van der Waals surface area contributed by atoms with Gasteiger partial charge in [0.05, 0.1) is 36.2 Å². The first kappa shape index (κ1) is 24.7. The van der Waals surface area contributed by atoms with Crippen molar-refractivity contribution in [2.45, 2.75) is 38.8 Å². The zero-order valence-corrected chi connectivity index (χ0v) is 19.0. The Morgan fingerprint density at radius 1 is 1.24 bits per heavy atom. The van der Waals surface area contributed by atoms with Crippen LogP contribution in [0.4, 0.5) is 18.9 Å². The lowest BCUT2D eigenvalue weighted by Gasteiger charge is -2.13. The summed E-state index contributed by atoms with van der Waals surface area (Å²) in [6.07, 6.45) is -2.60. The molecule has 0 aliphatic rings. The minimum Gasteiger partial charge on any atom is -0.493 e. The van der Waals surface area contributed by atoms with E-state index in [0.717, 1.165) is 11.3 Å². The van der Waals surface area contributed by atoms with E-state index in [-0.39, 0.29) is 23.4 Å². The lowest BCUT2D eigenvalue weighted by atomic mass is 10.0. The van der Waals surface area contributed by atoms with Gasteiger partial charge in [-0.3, -0.25) is 4.79 Å². The van der Waals surface area contributed by atoms with Crippen molar-refractivity contribution in [2.24, 2.45) is 0 Å². The number of hydrogen-bond donors (Lipinski definition) is 1. The Labute approximate surface area is 194 Å². The molecule has 0 aliphatic heterocycles. The van der Waals surface area contributed by atoms with Crippen LogP contribution in [0.1, 0.15) is 36.6 Å². The molecule has 3 rings (SSSR count). The van der Waals surface area contributed by atoms with Crippen molar-refractivity contribution in [1.82, 2.24) is 5.16 Å². The Bertz CT molecular complexity index is 1120. The number of rotatable bonds is 10. The molecular formula is C23H24ClF3N2O4. The maximum atomic E-state index is 13.1. The van der Waals surface area contributed by atoms with Gasteiger partial charge in [0.15, 0.2) is 11.3 Å². The van der Waals surface area contributed by atoms with Crippen molar-refractivity contribution in [3.8, 4) is 5.75 Å². The van der Waals surface area contributed by atoms with E-state index in [1.165, 1.54) is 19.2 Å². The van der Waals surface area contributed by atoms with Crippen molar-refractivity contribution < 1.29 is 32.0 Å². The fourth-order valence-electron chi connectivity index (χ4n) is 3.40. The smallest absolute Gasteiger partial charge is 0.437 e. The van der Waals surface area contributed by atoms with Gasteiger partial charge in [-0.15, -0.1) is 0 Å². The molecule has 0 fully saturated rings. The summed E-state index contributed by atoms with van der Waals surface area (Å²) < 4.78 is 54.9. The molecule has 2 aromatic carbocycles. The van der Waals surface area contributed by atoms with Gasteiger partial charge in [-0.25, -0.2) is 0 Å². The third kappa shape index (κ3) is 6.10. The lowest BCUT2D eigenvalue weighted by molar-refractivity contribution is -0.141. The van der Waals surface area contributed by atoms with Crippen LogP contribution in [-0.4, -0.2) is 31.4 Å². The number of halogens is 4. The Morgan fingerprint density at radius 3 is 2.70 bits per heavy atom. The molecule has 10 heteroatoms. The van der Waals surface area contributed by atoms with Crippen LogP contribution in [0.15, 0.2) is 34.9 Å². The number of alkyl halides is 3. The van der Waals surface area contributed by atoms with Gasteiger partial charge in [-0.2, -0.15) is 13.2 Å². The van der Waals surface area contributed by atoms with Crippen molar-refractivity contribution in [3.05, 3.63) is 52.2 Å². The highest BCUT2D eigenvalue weighted by Gasteiger charge is 2.37. The topological polar surface area (TPSA) is 73.6 Å². The first-order valence-electron chi connectivity index (χ1n) is 10.4. The summed E-state index contributed by atoms with van der Waals surface area (Å²) in [6.45, 7) is 2.82. The minimum absolute atomic E-state index is 0.0646. The molecule has 0 bridgehead atoms. The van der Waals surface area contributed by atoms with E-state index in [1.54, 1.807) is 18.2 Å². The standard InChI is InChI=1S/C23H24ClF3N2O4/c1-3-5-15-19(9-7-16-21(15)33-29-22(16)23(25,26)27)32-11-4-10-28-18-8-6-14(12-17(18)24)13-20(30)31-2/h6-9,12,28H,3-5,10-11,13H2,1-2H3. The molecule has 0 saturated heterocycles. The molecule has 0 atom stereocenters. The first-order chi connectivity index (χ1) is 15.7. The van der Waals surface area contributed by atoms with Crippen LogP contribution < -0.4 is 10.1 Å². The fraction of sp³-hybridized carbons (Fsp3) is 0.391. The third-order valence-electron chi connectivity index (χ3n) is 4.97. The zero-order valence-electron chi connectivity index (χ0n) is 18.2. The van der Waals surface area contributed by atoms with Crippen molar-refractivity contribution >= 4 is 34.2 Å². The Kier molecular flexibility index (Phi) is 8.07. The van der Waals surface area contributed by atoms with E-state index in [1.807, 2.05) is 6.92 Å². The average molecular weight is 485 g/mol. The molecule has 33 heavy (non-hydrogen) atoms. The maximum absolute atomic E-state index is 13.1. The van der Waals surface area contributed by atoms with Crippen LogP contribution in [0.2, 0.25) is 5.02 Å². The normalized spacial score (nSPS) is 11.6. The van der Waals surface area contributed by atoms with Crippen LogP contribution in [0.5, 0.6) is 5.75 Å². The summed E-state index contributed by atoms with van der Waals surface area (Å²) >= 11 is 6.27. The first-order valence-corrected chi connectivity index (χ1v) is 10.8. The van der Waals surface area contributed by atoms with Crippen molar-refractivity contribution in [3.63, 3.8) is 0 Å². The number of fused-ring (bicyclic) bond motifs is 1. The Hall–Kier alpha value is -2.94. The molecule has 1 heterocycles. The second kappa shape index (κ2) is 10.8. The maximum Gasteiger partial charge on any atom is 0.437 e. The summed E-state index contributed by atoms with van der Waals surface area (Å²) in [4.78, 5) is 11.4. The second-order valence-electron chi connectivity index (χ2n) is 7.39. The van der Waals surface area contributed by atoms with Gasteiger partial charge in [0, 0.05) is 12.1 Å². The van der Waals surface area contributed by atoms with E-state index in [0.29, 0.717) is 48.7 Å². The predicted molar refractivity (Wildman–Crippen MR) is 119 cm³/mol. The van der Waals surface area contributed by atoms with Gasteiger partial charge in [0.2, 0.25) is 0 Å². The third-order valence-corrected chi connectivity index (χ3v) is 5.29. The quantitative estimate of drug-likeness (QED) is 0.279. The fourth-order valence-corrected chi connectivity index (χ4v) is 3.67. The van der Waals surface area contributed by atoms with Crippen LogP contribution >= 0.6 is 11.6 Å². The number of nitrogens with one attached hydrogen (secondary N) is 1. The van der Waals surface area contributed by atoms with Gasteiger partial charge >= 0.3 is 12.1 Å². The molecule has 178 valence electrons. The van der Waals surface area contributed by atoms with Gasteiger partial charge in [-0.05, 0) is 42.7 Å². The van der Waals surface area contributed by atoms with Gasteiger partial charge in [-0.1, -0.05) is 36.2 Å². The molecule has 1 aromatic heterocycles. The number of ether oxygens (including phenoxy) is 2. The number of carbonyl (C=O) groups is 1. The van der Waals surface area contributed by atoms with E-state index >= 15 is 0 Å². The summed E-state index contributed by atoms with van der Waals surface area (Å²) in [7, 11) is 1.33. The number of nitrogens with zero attached hydrogens (tertiary/aromatic N) is 1. The Morgan fingerprint density at radius 2 is 2.03 bits per heavy atom. The van der Waals surface area contributed by atoms with E-state index < -0.39 is 11.9 Å². The second-order valence-corrected chi connectivity index (χ2v) is 7.80. The Balaban J connectivity index is 1.59. The number of esters is 1. The molecule has 0 amide bonds. The molecule has 0 aliphatic carbocycles. The van der Waals surface area contributed by atoms with Crippen molar-refractivity contribution in [2.75, 3.05) is 25.6 Å². The average Bonchev–Trinajstić information content (AvgIpc) is 3.21. The van der Waals surface area contributed by atoms with Gasteiger partial charge in [0.25, 0.3) is 0 Å². The SMILES string of the molecule is CCCc1c(OCCCNc2ccc(CC(=O)OC)cc2Cl)ccc2c(C(F)(F)F)noc12. The minimum atomic E-state index is -4.58. The number of carbonyl (C=O) groups excluding carboxylic acids is 1. The number of benzene rings is 2.